The number of carboxylic acid groups (broad SMARTS) is 1. The Morgan fingerprint density at radius 2 is 1.60 bits per heavy atom. The fourth-order valence-corrected chi connectivity index (χ4v) is 12.7. The third-order valence-electron chi connectivity index (χ3n) is 15.1. The van der Waals surface area contributed by atoms with Gasteiger partial charge in [0.25, 0.3) is 0 Å². The molecule has 5 aliphatic carbocycles. The number of rotatable bonds is 5. The summed E-state index contributed by atoms with van der Waals surface area (Å²) in [4.78, 5) is 25.9. The van der Waals surface area contributed by atoms with Gasteiger partial charge in [0.1, 0.15) is 6.10 Å². The second kappa shape index (κ2) is 10.6. The zero-order valence-electron chi connectivity index (χ0n) is 28.2. The summed E-state index contributed by atoms with van der Waals surface area (Å²) in [6.45, 7) is 18.7. The normalized spacial score (nSPS) is 43.4. The van der Waals surface area contributed by atoms with Crippen LogP contribution in [0.15, 0.2) is 36.4 Å². The highest BCUT2D eigenvalue weighted by molar-refractivity contribution is 5.87. The molecule has 0 heterocycles. The molecule has 1 unspecified atom stereocenters. The van der Waals surface area contributed by atoms with Crippen LogP contribution in [0.4, 0.5) is 0 Å². The predicted molar refractivity (Wildman–Crippen MR) is 175 cm³/mol. The minimum atomic E-state index is -0.598. The van der Waals surface area contributed by atoms with Gasteiger partial charge in [-0.25, -0.2) is 4.79 Å². The van der Waals surface area contributed by atoms with Crippen molar-refractivity contribution >= 4 is 18.0 Å². The fraction of sp³-hybridized carbons (Fsp3) is 0.692. The van der Waals surface area contributed by atoms with Gasteiger partial charge >= 0.3 is 11.9 Å². The Kier molecular flexibility index (Phi) is 7.61. The van der Waals surface area contributed by atoms with E-state index in [9.17, 15) is 24.9 Å². The summed E-state index contributed by atoms with van der Waals surface area (Å²) < 4.78 is 6.16. The molecule has 0 bridgehead atoms. The second-order valence-corrected chi connectivity index (χ2v) is 17.0. The van der Waals surface area contributed by atoms with Crippen molar-refractivity contribution in [2.24, 2.45) is 56.7 Å². The number of carboxylic acids is 1. The Labute approximate surface area is 269 Å². The maximum atomic E-state index is 13.0. The van der Waals surface area contributed by atoms with Crippen molar-refractivity contribution in [1.82, 2.24) is 0 Å². The number of phenolic OH excluding ortho intramolecular Hbond substituents is 2. The Morgan fingerprint density at radius 1 is 0.867 bits per heavy atom. The van der Waals surface area contributed by atoms with E-state index in [2.05, 4.69) is 48.1 Å². The van der Waals surface area contributed by atoms with Crippen molar-refractivity contribution in [1.29, 1.82) is 0 Å². The molecule has 0 spiro atoms. The number of phenols is 2. The standard InChI is InChI=1S/C39H54O6/c1-23(2)25-14-19-39(34(43)44)21-20-37(6)26(33(25)39)10-12-30-36(5)17-16-31(35(3,4)29(36)15-18-38(30,37)7)45-32(42)13-9-24-8-11-27(40)28(41)22-24/h8-9,11,13,22,25-26,29-31,33,40-41H,1,10,12,14-21H2,2-7H3,(H,43,44)/b13-9+/t25-,26+,29-,30+,31-,33?,36-,37+,38+,39-/m0/s1. The molecule has 6 rings (SSSR count). The fourth-order valence-electron chi connectivity index (χ4n) is 12.7. The van der Waals surface area contributed by atoms with Gasteiger partial charge in [-0.05, 0) is 141 Å². The highest BCUT2D eigenvalue weighted by atomic mass is 16.5. The minimum Gasteiger partial charge on any atom is -0.504 e. The molecule has 6 nitrogen and oxygen atoms in total. The van der Waals surface area contributed by atoms with E-state index in [0.717, 1.165) is 64.2 Å². The van der Waals surface area contributed by atoms with Crippen molar-refractivity contribution < 1.29 is 29.6 Å². The molecule has 10 atom stereocenters. The highest BCUT2D eigenvalue weighted by Gasteiger charge is 2.72. The maximum Gasteiger partial charge on any atom is 0.331 e. The number of esters is 1. The molecule has 246 valence electrons. The van der Waals surface area contributed by atoms with Crippen LogP contribution < -0.4 is 0 Å². The maximum absolute atomic E-state index is 13.0. The van der Waals surface area contributed by atoms with E-state index in [4.69, 9.17) is 4.74 Å². The number of hydrogen-bond acceptors (Lipinski definition) is 5. The number of hydrogen-bond donors (Lipinski definition) is 3. The van der Waals surface area contributed by atoms with Crippen LogP contribution in [0.1, 0.15) is 111 Å². The Hall–Kier alpha value is -2.76. The molecule has 0 aromatic heterocycles. The van der Waals surface area contributed by atoms with E-state index >= 15 is 0 Å². The van der Waals surface area contributed by atoms with Gasteiger partial charge in [-0.2, -0.15) is 0 Å². The van der Waals surface area contributed by atoms with E-state index < -0.39 is 11.4 Å². The van der Waals surface area contributed by atoms with Crippen LogP contribution in [0.5, 0.6) is 11.5 Å². The predicted octanol–water partition coefficient (Wildman–Crippen LogP) is 8.77. The topological polar surface area (TPSA) is 104 Å². The van der Waals surface area contributed by atoms with E-state index in [1.807, 2.05) is 0 Å². The molecular weight excluding hydrogens is 564 g/mol. The van der Waals surface area contributed by atoms with Gasteiger partial charge in [-0.15, -0.1) is 0 Å². The molecule has 0 amide bonds. The van der Waals surface area contributed by atoms with Crippen molar-refractivity contribution in [2.75, 3.05) is 0 Å². The molecule has 45 heavy (non-hydrogen) atoms. The van der Waals surface area contributed by atoms with Gasteiger partial charge in [0, 0.05) is 11.5 Å². The Morgan fingerprint density at radius 3 is 2.27 bits per heavy atom. The van der Waals surface area contributed by atoms with Crippen LogP contribution in [-0.2, 0) is 14.3 Å². The Bertz CT molecular complexity index is 1430. The van der Waals surface area contributed by atoms with Gasteiger partial charge in [0.15, 0.2) is 11.5 Å². The molecule has 0 saturated heterocycles. The zero-order chi connectivity index (χ0) is 32.7. The summed E-state index contributed by atoms with van der Waals surface area (Å²) >= 11 is 0. The lowest BCUT2D eigenvalue weighted by Gasteiger charge is -2.72. The number of aromatic hydroxyl groups is 2. The molecule has 1 aromatic rings. The lowest BCUT2D eigenvalue weighted by atomic mass is 9.32. The summed E-state index contributed by atoms with van der Waals surface area (Å²) in [5, 5.41) is 30.0. The van der Waals surface area contributed by atoms with Gasteiger partial charge in [0.05, 0.1) is 5.41 Å². The monoisotopic (exact) mass is 618 g/mol. The Balaban J connectivity index is 1.23. The minimum absolute atomic E-state index is 0.0898. The van der Waals surface area contributed by atoms with E-state index in [1.54, 1.807) is 12.1 Å². The van der Waals surface area contributed by atoms with Crippen LogP contribution in [0.25, 0.3) is 6.08 Å². The number of allylic oxidation sites excluding steroid dienone is 1. The summed E-state index contributed by atoms with van der Waals surface area (Å²) in [6.07, 6.45) is 12.7. The van der Waals surface area contributed by atoms with Gasteiger partial charge in [0.2, 0.25) is 0 Å². The van der Waals surface area contributed by atoms with E-state index in [-0.39, 0.29) is 51.2 Å². The SMILES string of the molecule is C=C(C)[C@@H]1CC[C@]2(C(=O)O)CC[C@]3(C)[C@H](CC[C@@H]4[C@@]5(C)CC[C@H](OC(=O)/C=C/c6ccc(O)c(O)c6)C(C)(C)[C@@H]5CC[C@]43C)C12. The summed E-state index contributed by atoms with van der Waals surface area (Å²) in [7, 11) is 0. The second-order valence-electron chi connectivity index (χ2n) is 17.0. The molecular formula is C39H54O6. The van der Waals surface area contributed by atoms with Gasteiger partial charge in [-0.3, -0.25) is 4.79 Å². The van der Waals surface area contributed by atoms with Crippen LogP contribution in [0.2, 0.25) is 0 Å². The first-order chi connectivity index (χ1) is 21.0. The quantitative estimate of drug-likeness (QED) is 0.132. The molecule has 5 aliphatic rings. The summed E-state index contributed by atoms with van der Waals surface area (Å²) in [5.74, 6) is 0.473. The number of carbonyl (C=O) groups excluding carboxylic acids is 1. The third-order valence-corrected chi connectivity index (χ3v) is 15.1. The summed E-state index contributed by atoms with van der Waals surface area (Å²) in [5.41, 5.74) is 1.34. The average molecular weight is 619 g/mol. The molecule has 0 aliphatic heterocycles. The van der Waals surface area contributed by atoms with Crippen LogP contribution >= 0.6 is 0 Å². The molecule has 6 heteroatoms. The van der Waals surface area contributed by atoms with Crippen molar-refractivity contribution in [3.05, 3.63) is 42.0 Å². The summed E-state index contributed by atoms with van der Waals surface area (Å²) in [6, 6.07) is 4.46. The number of aliphatic carboxylic acids is 1. The van der Waals surface area contributed by atoms with Gasteiger partial charge < -0.3 is 20.1 Å². The zero-order valence-corrected chi connectivity index (χ0v) is 28.2. The largest absolute Gasteiger partial charge is 0.504 e. The number of benzene rings is 1. The van der Waals surface area contributed by atoms with Crippen LogP contribution in [0, 0.1) is 56.7 Å². The van der Waals surface area contributed by atoms with Crippen molar-refractivity contribution in [2.45, 2.75) is 112 Å². The van der Waals surface area contributed by atoms with Crippen LogP contribution in [0.3, 0.4) is 0 Å². The lowest BCUT2D eigenvalue weighted by molar-refractivity contribution is -0.250. The number of ether oxygens (including phenoxy) is 1. The van der Waals surface area contributed by atoms with Crippen LogP contribution in [-0.4, -0.2) is 33.4 Å². The molecule has 5 saturated carbocycles. The van der Waals surface area contributed by atoms with E-state index in [0.29, 0.717) is 29.2 Å². The molecule has 3 N–H and O–H groups in total. The van der Waals surface area contributed by atoms with Crippen molar-refractivity contribution in [3.8, 4) is 11.5 Å². The first kappa shape index (κ1) is 32.2. The first-order valence-corrected chi connectivity index (χ1v) is 17.3. The number of carbonyl (C=O) groups is 2. The molecule has 5 fully saturated rings. The highest BCUT2D eigenvalue weighted by Crippen LogP contribution is 2.77. The molecule has 1 aromatic carbocycles. The van der Waals surface area contributed by atoms with Crippen molar-refractivity contribution in [3.63, 3.8) is 0 Å². The third kappa shape index (κ3) is 4.54. The average Bonchev–Trinajstić information content (AvgIpc) is 3.37. The lowest BCUT2D eigenvalue weighted by Crippen LogP contribution is -2.67. The van der Waals surface area contributed by atoms with Gasteiger partial charge in [-0.1, -0.05) is 52.8 Å². The molecule has 0 radical (unpaired) electrons. The van der Waals surface area contributed by atoms with E-state index in [1.165, 1.54) is 23.8 Å². The number of fused-ring (bicyclic) bond motifs is 7. The first-order valence-electron chi connectivity index (χ1n) is 17.3. The smallest absolute Gasteiger partial charge is 0.331 e.